The van der Waals surface area contributed by atoms with Crippen molar-refractivity contribution in [3.05, 3.63) is 64.8 Å². The third kappa shape index (κ3) is 4.70. The predicted molar refractivity (Wildman–Crippen MR) is 129 cm³/mol. The van der Waals surface area contributed by atoms with Gasteiger partial charge in [-0.25, -0.2) is 0 Å². The summed E-state index contributed by atoms with van der Waals surface area (Å²) in [4.78, 5) is 31.1. The van der Waals surface area contributed by atoms with E-state index in [9.17, 15) is 9.59 Å². The van der Waals surface area contributed by atoms with Crippen LogP contribution in [0.1, 0.15) is 40.0 Å². The molecular formula is C25H27ClN4O3. The molecular weight excluding hydrogens is 440 g/mol. The lowest BCUT2D eigenvalue weighted by Crippen LogP contribution is -2.48. The average Bonchev–Trinajstić information content (AvgIpc) is 3.45. The van der Waals surface area contributed by atoms with Crippen LogP contribution >= 0.6 is 11.6 Å². The first-order chi connectivity index (χ1) is 16.1. The van der Waals surface area contributed by atoms with Gasteiger partial charge in [-0.05, 0) is 55.7 Å². The molecule has 1 saturated carbocycles. The van der Waals surface area contributed by atoms with Gasteiger partial charge in [-0.15, -0.1) is 0 Å². The van der Waals surface area contributed by atoms with Crippen molar-refractivity contribution in [1.29, 1.82) is 0 Å². The number of rotatable bonds is 5. The summed E-state index contributed by atoms with van der Waals surface area (Å²) in [7, 11) is 0. The maximum absolute atomic E-state index is 12.9. The molecule has 8 heteroatoms. The van der Waals surface area contributed by atoms with Crippen LogP contribution in [0.5, 0.6) is 0 Å². The Bertz CT molecular complexity index is 1150. The van der Waals surface area contributed by atoms with Crippen LogP contribution in [-0.4, -0.2) is 55.2 Å². The number of H-pyrrole nitrogens is 1. The molecule has 2 atom stereocenters. The van der Waals surface area contributed by atoms with Crippen LogP contribution in [-0.2, 0) is 4.74 Å². The zero-order valence-electron chi connectivity index (χ0n) is 18.3. The van der Waals surface area contributed by atoms with E-state index in [0.29, 0.717) is 16.1 Å². The molecule has 5 rings (SSSR count). The number of benzene rings is 2. The number of amides is 2. The largest absolute Gasteiger partial charge is 0.378 e. The lowest BCUT2D eigenvalue weighted by Gasteiger charge is -2.29. The highest BCUT2D eigenvalue weighted by molar-refractivity contribution is 6.35. The van der Waals surface area contributed by atoms with Crippen LogP contribution in [0.25, 0.3) is 10.9 Å². The van der Waals surface area contributed by atoms with Crippen molar-refractivity contribution in [2.75, 3.05) is 31.2 Å². The summed E-state index contributed by atoms with van der Waals surface area (Å²) in [6.45, 7) is 3.17. The summed E-state index contributed by atoms with van der Waals surface area (Å²) in [5.74, 6) is -0.263. The minimum absolute atomic E-state index is 0.0935. The molecule has 2 aromatic carbocycles. The highest BCUT2D eigenvalue weighted by atomic mass is 35.5. The van der Waals surface area contributed by atoms with Crippen molar-refractivity contribution in [2.45, 2.75) is 31.3 Å². The second kappa shape index (κ2) is 9.45. The van der Waals surface area contributed by atoms with E-state index in [-0.39, 0.29) is 23.9 Å². The highest BCUT2D eigenvalue weighted by Gasteiger charge is 2.30. The third-order valence-electron chi connectivity index (χ3n) is 6.55. The van der Waals surface area contributed by atoms with E-state index in [1.165, 1.54) is 0 Å². The smallest absolute Gasteiger partial charge is 0.251 e. The second-order valence-electron chi connectivity index (χ2n) is 8.63. The lowest BCUT2D eigenvalue weighted by molar-refractivity contribution is 0.0892. The molecule has 7 nitrogen and oxygen atoms in total. The number of carbonyl (C=O) groups excluding carboxylic acids is 2. The van der Waals surface area contributed by atoms with Crippen molar-refractivity contribution in [3.63, 3.8) is 0 Å². The minimum Gasteiger partial charge on any atom is -0.378 e. The van der Waals surface area contributed by atoms with Crippen LogP contribution in [0, 0.1) is 0 Å². The van der Waals surface area contributed by atoms with E-state index in [1.54, 1.807) is 18.3 Å². The molecule has 1 aliphatic heterocycles. The first-order valence-corrected chi connectivity index (χ1v) is 11.8. The van der Waals surface area contributed by atoms with Gasteiger partial charge in [-0.2, -0.15) is 0 Å². The zero-order valence-corrected chi connectivity index (χ0v) is 19.0. The maximum Gasteiger partial charge on any atom is 0.251 e. The number of ether oxygens (including phenoxy) is 1. The van der Waals surface area contributed by atoms with E-state index in [4.69, 9.17) is 16.3 Å². The molecule has 2 heterocycles. The summed E-state index contributed by atoms with van der Waals surface area (Å²) in [6, 6.07) is 12.9. The quantitative estimate of drug-likeness (QED) is 0.534. The fraction of sp³-hybridized carbons (Fsp3) is 0.360. The Morgan fingerprint density at radius 3 is 2.27 bits per heavy atom. The number of nitrogens with one attached hydrogen (secondary N) is 3. The van der Waals surface area contributed by atoms with Crippen molar-refractivity contribution in [3.8, 4) is 0 Å². The summed E-state index contributed by atoms with van der Waals surface area (Å²) >= 11 is 6.13. The number of anilines is 1. The number of fused-ring (bicyclic) bond motifs is 1. The molecule has 3 N–H and O–H groups in total. The van der Waals surface area contributed by atoms with E-state index >= 15 is 0 Å². The number of aromatic nitrogens is 1. The molecule has 0 radical (unpaired) electrons. The number of aromatic amines is 1. The van der Waals surface area contributed by atoms with Crippen LogP contribution in [0.4, 0.5) is 5.69 Å². The number of morpholine rings is 1. The van der Waals surface area contributed by atoms with Crippen molar-refractivity contribution < 1.29 is 14.3 Å². The molecule has 1 saturated heterocycles. The topological polar surface area (TPSA) is 86.5 Å². The van der Waals surface area contributed by atoms with Gasteiger partial charge in [0.2, 0.25) is 0 Å². The number of hydrogen-bond acceptors (Lipinski definition) is 4. The molecule has 2 fully saturated rings. The molecule has 0 unspecified atom stereocenters. The number of hydrogen-bond donors (Lipinski definition) is 3. The fourth-order valence-corrected chi connectivity index (χ4v) is 4.91. The molecule has 172 valence electrons. The van der Waals surface area contributed by atoms with E-state index in [0.717, 1.165) is 62.2 Å². The van der Waals surface area contributed by atoms with Gasteiger partial charge in [0.05, 0.1) is 18.2 Å². The normalized spacial score (nSPS) is 20.7. The van der Waals surface area contributed by atoms with Crippen LogP contribution in [0.3, 0.4) is 0 Å². The molecule has 3 aromatic rings. The summed E-state index contributed by atoms with van der Waals surface area (Å²) in [5.41, 5.74) is 3.11. The van der Waals surface area contributed by atoms with Crippen molar-refractivity contribution in [2.24, 2.45) is 0 Å². The number of nitrogens with zero attached hydrogens (tertiary/aromatic N) is 1. The zero-order chi connectivity index (χ0) is 22.8. The van der Waals surface area contributed by atoms with E-state index in [2.05, 4.69) is 20.5 Å². The van der Waals surface area contributed by atoms with E-state index < -0.39 is 0 Å². The van der Waals surface area contributed by atoms with Gasteiger partial charge in [-0.1, -0.05) is 17.7 Å². The third-order valence-corrected chi connectivity index (χ3v) is 6.86. The Kier molecular flexibility index (Phi) is 6.24. The standard InChI is InChI=1S/C25H27ClN4O3/c26-20-15-27-23-14-17(6-9-19(20)23)25(32)29-22-3-1-2-21(22)28-24(31)16-4-7-18(8-5-16)30-10-12-33-13-11-30/h4-9,14-15,21-22,27H,1-3,10-13H2,(H,28,31)(H,29,32)/t21-,22+/m0/s1. The second-order valence-corrected chi connectivity index (χ2v) is 9.04. The van der Waals surface area contributed by atoms with Gasteiger partial charge in [0.1, 0.15) is 0 Å². The van der Waals surface area contributed by atoms with Gasteiger partial charge < -0.3 is 25.3 Å². The first-order valence-electron chi connectivity index (χ1n) is 11.4. The molecule has 1 aromatic heterocycles. The minimum atomic E-state index is -0.149. The summed E-state index contributed by atoms with van der Waals surface area (Å²) < 4.78 is 5.40. The molecule has 2 amide bonds. The number of carbonyl (C=O) groups is 2. The van der Waals surface area contributed by atoms with Crippen molar-refractivity contribution in [1.82, 2.24) is 15.6 Å². The van der Waals surface area contributed by atoms with Crippen LogP contribution in [0.2, 0.25) is 5.02 Å². The fourth-order valence-electron chi connectivity index (χ4n) is 4.69. The Hall–Kier alpha value is -3.03. The Balaban J connectivity index is 1.21. The van der Waals surface area contributed by atoms with Crippen LogP contribution < -0.4 is 15.5 Å². The van der Waals surface area contributed by atoms with Gasteiger partial charge in [-0.3, -0.25) is 9.59 Å². The summed E-state index contributed by atoms with van der Waals surface area (Å²) in [6.07, 6.45) is 4.35. The Labute approximate surface area is 197 Å². The average molecular weight is 467 g/mol. The van der Waals surface area contributed by atoms with Gasteiger partial charge >= 0.3 is 0 Å². The molecule has 0 spiro atoms. The maximum atomic E-state index is 12.9. The van der Waals surface area contributed by atoms with E-state index in [1.807, 2.05) is 30.3 Å². The Morgan fingerprint density at radius 2 is 1.58 bits per heavy atom. The van der Waals surface area contributed by atoms with Gasteiger partial charge in [0.25, 0.3) is 11.8 Å². The number of halogens is 1. The van der Waals surface area contributed by atoms with Crippen molar-refractivity contribution >= 4 is 40.0 Å². The van der Waals surface area contributed by atoms with Gasteiger partial charge in [0.15, 0.2) is 0 Å². The molecule has 0 bridgehead atoms. The predicted octanol–water partition coefficient (Wildman–Crippen LogP) is 3.74. The van der Waals surface area contributed by atoms with Gasteiger partial charge in [0, 0.05) is 59.1 Å². The molecule has 1 aliphatic carbocycles. The monoisotopic (exact) mass is 466 g/mol. The Morgan fingerprint density at radius 1 is 0.939 bits per heavy atom. The van der Waals surface area contributed by atoms with Crippen LogP contribution in [0.15, 0.2) is 48.7 Å². The SMILES string of the molecule is O=C(N[C@H]1CCC[C@H]1NC(=O)c1ccc2c(Cl)c[nH]c2c1)c1ccc(N2CCOCC2)cc1. The molecule has 33 heavy (non-hydrogen) atoms. The highest BCUT2D eigenvalue weighted by Crippen LogP contribution is 2.25. The lowest BCUT2D eigenvalue weighted by atomic mass is 10.1. The summed E-state index contributed by atoms with van der Waals surface area (Å²) in [5, 5.41) is 7.75. The molecule has 2 aliphatic rings. The first kappa shape index (κ1) is 21.8.